The number of carbonyl (C=O) groups excluding carboxylic acids is 2. The quantitative estimate of drug-likeness (QED) is 0.776. The minimum Gasteiger partial charge on any atom is -0.466 e. The number of fused-ring (bicyclic) bond motifs is 1. The monoisotopic (exact) mass is 381 g/mol. The average molecular weight is 381 g/mol. The molecule has 0 saturated heterocycles. The molecule has 148 valence electrons. The van der Waals surface area contributed by atoms with Crippen LogP contribution in [0, 0.1) is 0 Å². The number of amides is 1. The van der Waals surface area contributed by atoms with Gasteiger partial charge in [-0.3, -0.25) is 9.59 Å². The molecular formula is C22H27N3O3. The van der Waals surface area contributed by atoms with Crippen molar-refractivity contribution >= 4 is 17.7 Å². The zero-order chi connectivity index (χ0) is 20.3. The third-order valence-corrected chi connectivity index (χ3v) is 5.24. The number of rotatable bonds is 6. The second kappa shape index (κ2) is 8.42. The Kier molecular flexibility index (Phi) is 5.97. The Morgan fingerprint density at radius 2 is 1.96 bits per heavy atom. The van der Waals surface area contributed by atoms with Crippen molar-refractivity contribution in [2.24, 2.45) is 0 Å². The van der Waals surface area contributed by atoms with E-state index in [1.807, 2.05) is 36.2 Å². The molecule has 6 heteroatoms. The number of nitrogens with one attached hydrogen (secondary N) is 1. The van der Waals surface area contributed by atoms with Crippen molar-refractivity contribution in [3.8, 4) is 0 Å². The van der Waals surface area contributed by atoms with Crippen LogP contribution in [0.5, 0.6) is 0 Å². The lowest BCUT2D eigenvalue weighted by atomic mass is 10.0. The SMILES string of the molecule is CCOC(=O)C1CC(NC(=O)c2ccnc(N(C)C(C)C)c2)c2ccccc21. The van der Waals surface area contributed by atoms with Crippen LogP contribution in [-0.4, -0.2) is 36.6 Å². The van der Waals surface area contributed by atoms with Crippen LogP contribution in [0.15, 0.2) is 42.6 Å². The van der Waals surface area contributed by atoms with Crippen molar-refractivity contribution in [1.82, 2.24) is 10.3 Å². The standard InChI is InChI=1S/C22H27N3O3/c1-5-28-22(27)18-13-19(17-9-7-6-8-16(17)18)24-21(26)15-10-11-23-20(12-15)25(4)14(2)3/h6-12,14,18-19H,5,13H2,1-4H3,(H,24,26). The van der Waals surface area contributed by atoms with Gasteiger partial charge in [0.05, 0.1) is 18.6 Å². The van der Waals surface area contributed by atoms with Gasteiger partial charge in [-0.1, -0.05) is 24.3 Å². The van der Waals surface area contributed by atoms with Gasteiger partial charge >= 0.3 is 5.97 Å². The number of hydrogen-bond acceptors (Lipinski definition) is 5. The third-order valence-electron chi connectivity index (χ3n) is 5.24. The number of hydrogen-bond donors (Lipinski definition) is 1. The van der Waals surface area contributed by atoms with Crippen LogP contribution in [0.3, 0.4) is 0 Å². The Hall–Kier alpha value is -2.89. The van der Waals surface area contributed by atoms with Gasteiger partial charge in [0.2, 0.25) is 0 Å². The van der Waals surface area contributed by atoms with Crippen molar-refractivity contribution in [3.05, 3.63) is 59.3 Å². The largest absolute Gasteiger partial charge is 0.466 e. The molecule has 2 atom stereocenters. The van der Waals surface area contributed by atoms with E-state index in [9.17, 15) is 9.59 Å². The van der Waals surface area contributed by atoms with E-state index in [-0.39, 0.29) is 29.9 Å². The molecule has 0 bridgehead atoms. The molecule has 1 heterocycles. The van der Waals surface area contributed by atoms with Gasteiger partial charge in [0.25, 0.3) is 5.91 Å². The maximum atomic E-state index is 12.9. The lowest BCUT2D eigenvalue weighted by molar-refractivity contribution is -0.145. The van der Waals surface area contributed by atoms with Gasteiger partial charge in [0.1, 0.15) is 5.82 Å². The first-order valence-electron chi connectivity index (χ1n) is 9.67. The number of ether oxygens (including phenoxy) is 1. The fraction of sp³-hybridized carbons (Fsp3) is 0.409. The Morgan fingerprint density at radius 1 is 1.25 bits per heavy atom. The normalized spacial score (nSPS) is 17.9. The van der Waals surface area contributed by atoms with Crippen LogP contribution < -0.4 is 10.2 Å². The molecule has 3 rings (SSSR count). The van der Waals surface area contributed by atoms with Crippen LogP contribution in [0.1, 0.15) is 60.6 Å². The van der Waals surface area contributed by atoms with Crippen molar-refractivity contribution in [3.63, 3.8) is 0 Å². The fourth-order valence-corrected chi connectivity index (χ4v) is 3.50. The first-order chi connectivity index (χ1) is 13.4. The highest BCUT2D eigenvalue weighted by atomic mass is 16.5. The summed E-state index contributed by atoms with van der Waals surface area (Å²) in [6.07, 6.45) is 2.15. The Balaban J connectivity index is 1.80. The lowest BCUT2D eigenvalue weighted by Crippen LogP contribution is -2.29. The summed E-state index contributed by atoms with van der Waals surface area (Å²) in [5, 5.41) is 3.08. The maximum absolute atomic E-state index is 12.9. The molecule has 0 saturated carbocycles. The van der Waals surface area contributed by atoms with Gasteiger partial charge < -0.3 is 15.0 Å². The summed E-state index contributed by atoms with van der Waals surface area (Å²) in [4.78, 5) is 31.6. The predicted molar refractivity (Wildman–Crippen MR) is 108 cm³/mol. The summed E-state index contributed by atoms with van der Waals surface area (Å²) < 4.78 is 5.22. The Morgan fingerprint density at radius 3 is 2.64 bits per heavy atom. The van der Waals surface area contributed by atoms with E-state index in [0.29, 0.717) is 18.6 Å². The van der Waals surface area contributed by atoms with Gasteiger partial charge in [-0.15, -0.1) is 0 Å². The Labute approximate surface area is 165 Å². The van der Waals surface area contributed by atoms with E-state index >= 15 is 0 Å². The zero-order valence-electron chi connectivity index (χ0n) is 16.8. The van der Waals surface area contributed by atoms with Crippen molar-refractivity contribution in [2.45, 2.75) is 45.2 Å². The molecule has 6 nitrogen and oxygen atoms in total. The summed E-state index contributed by atoms with van der Waals surface area (Å²) in [7, 11) is 1.95. The van der Waals surface area contributed by atoms with Gasteiger partial charge in [0, 0.05) is 24.8 Å². The molecule has 0 aliphatic heterocycles. The number of aromatic nitrogens is 1. The van der Waals surface area contributed by atoms with Crippen molar-refractivity contribution in [2.75, 3.05) is 18.6 Å². The maximum Gasteiger partial charge on any atom is 0.313 e. The van der Waals surface area contributed by atoms with Crippen molar-refractivity contribution in [1.29, 1.82) is 0 Å². The average Bonchev–Trinajstić information content (AvgIpc) is 3.06. The lowest BCUT2D eigenvalue weighted by Gasteiger charge is -2.23. The van der Waals surface area contributed by atoms with Gasteiger partial charge in [-0.05, 0) is 50.5 Å². The van der Waals surface area contributed by atoms with E-state index in [0.717, 1.165) is 16.9 Å². The van der Waals surface area contributed by atoms with Crippen LogP contribution in [0.25, 0.3) is 0 Å². The number of benzene rings is 1. The summed E-state index contributed by atoms with van der Waals surface area (Å²) in [5.41, 5.74) is 2.46. The summed E-state index contributed by atoms with van der Waals surface area (Å²) >= 11 is 0. The minimum atomic E-state index is -0.346. The first-order valence-corrected chi connectivity index (χ1v) is 9.67. The van der Waals surface area contributed by atoms with E-state index in [1.54, 1.807) is 25.3 Å². The summed E-state index contributed by atoms with van der Waals surface area (Å²) in [5.74, 6) is -0.0121. The van der Waals surface area contributed by atoms with E-state index in [4.69, 9.17) is 4.74 Å². The molecule has 1 aromatic heterocycles. The molecule has 1 aliphatic rings. The highest BCUT2D eigenvalue weighted by Gasteiger charge is 2.36. The second-order valence-electron chi connectivity index (χ2n) is 7.30. The third kappa shape index (κ3) is 4.01. The molecule has 1 aliphatic carbocycles. The van der Waals surface area contributed by atoms with Crippen LogP contribution in [0.4, 0.5) is 5.82 Å². The Bertz CT molecular complexity index is 866. The molecule has 1 N–H and O–H groups in total. The molecule has 0 radical (unpaired) electrons. The highest BCUT2D eigenvalue weighted by Crippen LogP contribution is 2.41. The zero-order valence-corrected chi connectivity index (χ0v) is 16.8. The molecule has 0 fully saturated rings. The topological polar surface area (TPSA) is 71.5 Å². The number of anilines is 1. The second-order valence-corrected chi connectivity index (χ2v) is 7.30. The summed E-state index contributed by atoms with van der Waals surface area (Å²) in [6.45, 7) is 6.28. The van der Waals surface area contributed by atoms with E-state index in [1.165, 1.54) is 0 Å². The van der Waals surface area contributed by atoms with Crippen LogP contribution in [0.2, 0.25) is 0 Å². The molecule has 2 aromatic rings. The highest BCUT2D eigenvalue weighted by molar-refractivity contribution is 5.95. The number of pyridine rings is 1. The van der Waals surface area contributed by atoms with Gasteiger partial charge in [-0.25, -0.2) is 4.98 Å². The number of nitrogens with zero attached hydrogens (tertiary/aromatic N) is 2. The van der Waals surface area contributed by atoms with Crippen molar-refractivity contribution < 1.29 is 14.3 Å². The molecular weight excluding hydrogens is 354 g/mol. The van der Waals surface area contributed by atoms with Gasteiger partial charge in [-0.2, -0.15) is 0 Å². The number of esters is 1. The van der Waals surface area contributed by atoms with Crippen LogP contribution in [-0.2, 0) is 9.53 Å². The first kappa shape index (κ1) is 19.9. The van der Waals surface area contributed by atoms with Gasteiger partial charge in [0.15, 0.2) is 0 Å². The van der Waals surface area contributed by atoms with Crippen LogP contribution >= 0.6 is 0 Å². The summed E-state index contributed by atoms with van der Waals surface area (Å²) in [6, 6.07) is 11.3. The smallest absolute Gasteiger partial charge is 0.313 e. The van der Waals surface area contributed by atoms with E-state index in [2.05, 4.69) is 24.1 Å². The molecule has 2 unspecified atom stereocenters. The molecule has 1 aromatic carbocycles. The predicted octanol–water partition coefficient (Wildman–Crippen LogP) is 3.45. The molecule has 0 spiro atoms. The fourth-order valence-electron chi connectivity index (χ4n) is 3.50. The minimum absolute atomic E-state index is 0.176. The molecule has 1 amide bonds. The van der Waals surface area contributed by atoms with E-state index < -0.39 is 0 Å². The number of carbonyl (C=O) groups is 2. The molecule has 28 heavy (non-hydrogen) atoms.